The van der Waals surface area contributed by atoms with E-state index in [2.05, 4.69) is 6.92 Å². The maximum Gasteiger partial charge on any atom is 0.305 e. The van der Waals surface area contributed by atoms with Gasteiger partial charge in [0.15, 0.2) is 0 Å². The summed E-state index contributed by atoms with van der Waals surface area (Å²) in [6.07, 6.45) is 3.62. The Balaban J connectivity index is 2.76. The lowest BCUT2D eigenvalue weighted by Crippen LogP contribution is -2.27. The van der Waals surface area contributed by atoms with Crippen molar-refractivity contribution >= 4 is 22.6 Å². The maximum absolute atomic E-state index is 12.7. The van der Waals surface area contributed by atoms with Gasteiger partial charge >= 0.3 is 5.97 Å². The van der Waals surface area contributed by atoms with Crippen molar-refractivity contribution in [2.45, 2.75) is 62.5 Å². The van der Waals surface area contributed by atoms with E-state index in [1.165, 1.54) is 0 Å². The summed E-state index contributed by atoms with van der Waals surface area (Å²) in [5.74, 6) is -0.367. The third-order valence-electron chi connectivity index (χ3n) is 3.54. The molecule has 0 spiro atoms. The van der Waals surface area contributed by atoms with Gasteiger partial charge in [-0.2, -0.15) is 0 Å². The number of carbonyl (C=O) groups is 2. The predicted octanol–water partition coefficient (Wildman–Crippen LogP) is 3.66. The monoisotopic (exact) mass is 338 g/mol. The summed E-state index contributed by atoms with van der Waals surface area (Å²) in [6, 6.07) is 8.96. The second kappa shape index (κ2) is 11.1. The van der Waals surface area contributed by atoms with E-state index in [9.17, 15) is 13.8 Å². The summed E-state index contributed by atoms with van der Waals surface area (Å²) in [5, 5.41) is -0.640. The van der Waals surface area contributed by atoms with Gasteiger partial charge in [-0.05, 0) is 31.9 Å². The number of ether oxygens (including phenoxy) is 1. The number of ketones is 1. The topological polar surface area (TPSA) is 60.4 Å². The molecule has 1 aromatic carbocycles. The minimum absolute atomic E-state index is 0.0232. The van der Waals surface area contributed by atoms with Gasteiger partial charge in [-0.3, -0.25) is 13.8 Å². The van der Waals surface area contributed by atoms with Crippen molar-refractivity contribution in [1.82, 2.24) is 0 Å². The smallest absolute Gasteiger partial charge is 0.305 e. The summed E-state index contributed by atoms with van der Waals surface area (Å²) >= 11 is 0. The SMILES string of the molecule is CCCCCC(=O)C(CCC(=O)OCC)S(=O)c1ccccc1. The van der Waals surface area contributed by atoms with E-state index in [4.69, 9.17) is 4.74 Å². The van der Waals surface area contributed by atoms with Crippen LogP contribution >= 0.6 is 0 Å². The molecule has 0 saturated carbocycles. The Morgan fingerprint density at radius 1 is 1.09 bits per heavy atom. The predicted molar refractivity (Wildman–Crippen MR) is 91.7 cm³/mol. The van der Waals surface area contributed by atoms with Crippen molar-refractivity contribution in [2.75, 3.05) is 6.61 Å². The molecule has 23 heavy (non-hydrogen) atoms. The lowest BCUT2D eigenvalue weighted by Gasteiger charge is -2.15. The van der Waals surface area contributed by atoms with Gasteiger partial charge in [0.05, 0.1) is 22.7 Å². The fourth-order valence-corrected chi connectivity index (χ4v) is 3.74. The molecule has 0 aliphatic heterocycles. The highest BCUT2D eigenvalue weighted by atomic mass is 32.2. The minimum Gasteiger partial charge on any atom is -0.466 e. The van der Waals surface area contributed by atoms with Crippen LogP contribution < -0.4 is 0 Å². The van der Waals surface area contributed by atoms with Gasteiger partial charge < -0.3 is 4.74 Å². The Labute approximate surface area is 141 Å². The summed E-state index contributed by atoms with van der Waals surface area (Å²) in [7, 11) is -1.43. The number of carbonyl (C=O) groups excluding carboxylic acids is 2. The molecule has 0 radical (unpaired) electrons. The molecule has 5 heteroatoms. The molecule has 0 saturated heterocycles. The molecule has 0 N–H and O–H groups in total. The molecule has 0 amide bonds. The fraction of sp³-hybridized carbons (Fsp3) is 0.556. The van der Waals surface area contributed by atoms with Crippen molar-refractivity contribution in [1.29, 1.82) is 0 Å². The molecule has 0 bridgehead atoms. The number of esters is 1. The van der Waals surface area contributed by atoms with Crippen LogP contribution in [0.15, 0.2) is 35.2 Å². The van der Waals surface area contributed by atoms with Gasteiger partial charge in [-0.25, -0.2) is 0 Å². The molecular weight excluding hydrogens is 312 g/mol. The molecule has 0 heterocycles. The van der Waals surface area contributed by atoms with Gasteiger partial charge in [-0.1, -0.05) is 38.0 Å². The average Bonchev–Trinajstić information content (AvgIpc) is 2.56. The number of Topliss-reactive ketones (excluding diaryl/α,β-unsaturated/α-hetero) is 1. The first-order chi connectivity index (χ1) is 11.1. The summed E-state index contributed by atoms with van der Waals surface area (Å²) in [5.41, 5.74) is 0. The molecule has 4 nitrogen and oxygen atoms in total. The van der Waals surface area contributed by atoms with Crippen LogP contribution in [0.4, 0.5) is 0 Å². The van der Waals surface area contributed by atoms with Gasteiger partial charge in [0.1, 0.15) is 5.78 Å². The molecule has 2 atom stereocenters. The molecule has 0 aliphatic carbocycles. The highest BCUT2D eigenvalue weighted by Crippen LogP contribution is 2.19. The Bertz CT molecular complexity index is 513. The Morgan fingerprint density at radius 3 is 2.39 bits per heavy atom. The molecule has 0 aliphatic rings. The van der Waals surface area contributed by atoms with Gasteiger partial charge in [0.25, 0.3) is 0 Å². The zero-order chi connectivity index (χ0) is 17.1. The number of unbranched alkanes of at least 4 members (excludes halogenated alkanes) is 2. The third kappa shape index (κ3) is 7.08. The van der Waals surface area contributed by atoms with Crippen molar-refractivity contribution in [3.05, 3.63) is 30.3 Å². The summed E-state index contributed by atoms with van der Waals surface area (Å²) < 4.78 is 17.6. The van der Waals surface area contributed by atoms with Crippen LogP contribution in [0, 0.1) is 0 Å². The first kappa shape index (κ1) is 19.6. The molecule has 1 aromatic rings. The number of benzene rings is 1. The van der Waals surface area contributed by atoms with Crippen LogP contribution in [0.5, 0.6) is 0 Å². The third-order valence-corrected chi connectivity index (χ3v) is 5.29. The van der Waals surface area contributed by atoms with E-state index in [1.807, 2.05) is 6.07 Å². The first-order valence-corrected chi connectivity index (χ1v) is 9.45. The van der Waals surface area contributed by atoms with E-state index < -0.39 is 16.0 Å². The van der Waals surface area contributed by atoms with Gasteiger partial charge in [0, 0.05) is 17.7 Å². The Hall–Kier alpha value is -1.49. The van der Waals surface area contributed by atoms with E-state index >= 15 is 0 Å². The lowest BCUT2D eigenvalue weighted by atomic mass is 10.1. The lowest BCUT2D eigenvalue weighted by molar-refractivity contribution is -0.143. The first-order valence-electron chi connectivity index (χ1n) is 8.24. The van der Waals surface area contributed by atoms with Crippen LogP contribution in [0.1, 0.15) is 52.4 Å². The van der Waals surface area contributed by atoms with E-state index in [-0.39, 0.29) is 24.6 Å². The van der Waals surface area contributed by atoms with Gasteiger partial charge in [-0.15, -0.1) is 0 Å². The largest absolute Gasteiger partial charge is 0.466 e. The normalized spacial score (nSPS) is 13.3. The molecule has 0 aromatic heterocycles. The molecule has 2 unspecified atom stereocenters. The van der Waals surface area contributed by atoms with Crippen molar-refractivity contribution in [3.8, 4) is 0 Å². The highest BCUT2D eigenvalue weighted by Gasteiger charge is 2.26. The van der Waals surface area contributed by atoms with Crippen molar-refractivity contribution < 1.29 is 18.5 Å². The second-order valence-corrected chi connectivity index (χ2v) is 7.00. The molecule has 128 valence electrons. The van der Waals surface area contributed by atoms with Crippen LogP contribution in [-0.2, 0) is 25.1 Å². The number of hydrogen-bond acceptors (Lipinski definition) is 4. The van der Waals surface area contributed by atoms with Crippen LogP contribution in [0.25, 0.3) is 0 Å². The van der Waals surface area contributed by atoms with Crippen molar-refractivity contribution in [2.24, 2.45) is 0 Å². The Morgan fingerprint density at radius 2 is 1.78 bits per heavy atom. The summed E-state index contributed by atoms with van der Waals surface area (Å²) in [4.78, 5) is 24.6. The fourth-order valence-electron chi connectivity index (χ4n) is 2.30. The van der Waals surface area contributed by atoms with E-state index in [0.29, 0.717) is 17.9 Å². The zero-order valence-corrected chi connectivity index (χ0v) is 14.8. The minimum atomic E-state index is -1.43. The van der Waals surface area contributed by atoms with Crippen LogP contribution in [-0.4, -0.2) is 27.8 Å². The number of hydrogen-bond donors (Lipinski definition) is 0. The van der Waals surface area contributed by atoms with Gasteiger partial charge in [0.2, 0.25) is 0 Å². The van der Waals surface area contributed by atoms with Crippen LogP contribution in [0.2, 0.25) is 0 Å². The Kier molecular flexibility index (Phi) is 9.45. The van der Waals surface area contributed by atoms with E-state index in [0.717, 1.165) is 19.3 Å². The van der Waals surface area contributed by atoms with Crippen LogP contribution in [0.3, 0.4) is 0 Å². The molecule has 1 rings (SSSR count). The highest BCUT2D eigenvalue weighted by molar-refractivity contribution is 7.86. The standard InChI is InChI=1S/C18H26O4S/c1-3-5-7-12-16(19)17(13-14-18(20)22-4-2)23(21)15-10-8-6-9-11-15/h6,8-11,17H,3-5,7,12-14H2,1-2H3. The molecular formula is C18H26O4S. The average molecular weight is 338 g/mol. The van der Waals surface area contributed by atoms with E-state index in [1.54, 1.807) is 31.2 Å². The maximum atomic E-state index is 12.7. The second-order valence-electron chi connectivity index (χ2n) is 5.37. The number of rotatable bonds is 11. The molecule has 0 fully saturated rings. The quantitative estimate of drug-likeness (QED) is 0.456. The van der Waals surface area contributed by atoms with Crippen molar-refractivity contribution in [3.63, 3.8) is 0 Å². The zero-order valence-electron chi connectivity index (χ0n) is 14.0. The summed E-state index contributed by atoms with van der Waals surface area (Å²) in [6.45, 7) is 4.13.